The van der Waals surface area contributed by atoms with Crippen molar-refractivity contribution in [2.45, 2.75) is 19.7 Å². The Hall–Kier alpha value is -2.95. The summed E-state index contributed by atoms with van der Waals surface area (Å²) in [6.45, 7) is 1.62. The second-order valence-electron chi connectivity index (χ2n) is 4.72. The Labute approximate surface area is 130 Å². The zero-order valence-electron chi connectivity index (χ0n) is 12.0. The smallest absolute Gasteiger partial charge is 0.406 e. The third kappa shape index (κ3) is 4.51. The average molecular weight is 323 g/mol. The van der Waals surface area contributed by atoms with Gasteiger partial charge in [0.15, 0.2) is 0 Å². The average Bonchev–Trinajstić information content (AvgIpc) is 2.44. The SMILES string of the molecule is CC1=C(C#N)/C(=C/Nc2ccc(OC(F)(F)F)cc2)CC(=O)N1. The second kappa shape index (κ2) is 6.44. The normalized spacial score (nSPS) is 16.8. The van der Waals surface area contributed by atoms with E-state index in [-0.39, 0.29) is 18.1 Å². The predicted molar refractivity (Wildman–Crippen MR) is 75.9 cm³/mol. The maximum Gasteiger partial charge on any atom is 0.573 e. The molecule has 23 heavy (non-hydrogen) atoms. The van der Waals surface area contributed by atoms with E-state index in [1.54, 1.807) is 6.92 Å². The number of nitrogens with zero attached hydrogens (tertiary/aromatic N) is 1. The summed E-state index contributed by atoms with van der Waals surface area (Å²) in [4.78, 5) is 11.5. The molecule has 1 aromatic rings. The Balaban J connectivity index is 2.12. The number of hydrogen-bond donors (Lipinski definition) is 2. The highest BCUT2D eigenvalue weighted by atomic mass is 19.4. The number of rotatable bonds is 3. The van der Waals surface area contributed by atoms with Gasteiger partial charge in [-0.3, -0.25) is 4.79 Å². The van der Waals surface area contributed by atoms with Gasteiger partial charge in [0.2, 0.25) is 5.91 Å². The maximum atomic E-state index is 12.1. The minimum absolute atomic E-state index is 0.0441. The van der Waals surface area contributed by atoms with Gasteiger partial charge in [0.25, 0.3) is 0 Å². The fourth-order valence-corrected chi connectivity index (χ4v) is 2.02. The van der Waals surface area contributed by atoms with Crippen molar-refractivity contribution >= 4 is 11.6 Å². The number of amides is 1. The maximum absolute atomic E-state index is 12.1. The van der Waals surface area contributed by atoms with Crippen molar-refractivity contribution in [3.8, 4) is 11.8 Å². The van der Waals surface area contributed by atoms with E-state index < -0.39 is 6.36 Å². The van der Waals surface area contributed by atoms with Gasteiger partial charge in [0, 0.05) is 17.6 Å². The first kappa shape index (κ1) is 16.4. The van der Waals surface area contributed by atoms with Crippen LogP contribution >= 0.6 is 0 Å². The van der Waals surface area contributed by atoms with Crippen molar-refractivity contribution in [1.82, 2.24) is 5.32 Å². The minimum Gasteiger partial charge on any atom is -0.406 e. The Morgan fingerprint density at radius 1 is 1.35 bits per heavy atom. The fourth-order valence-electron chi connectivity index (χ4n) is 2.02. The lowest BCUT2D eigenvalue weighted by atomic mass is 9.99. The molecule has 1 aromatic carbocycles. The number of nitrogens with one attached hydrogen (secondary N) is 2. The highest BCUT2D eigenvalue weighted by molar-refractivity contribution is 5.85. The highest BCUT2D eigenvalue weighted by Crippen LogP contribution is 2.25. The van der Waals surface area contributed by atoms with Crippen molar-refractivity contribution < 1.29 is 22.7 Å². The molecule has 0 unspecified atom stereocenters. The summed E-state index contributed by atoms with van der Waals surface area (Å²) in [6.07, 6.45) is -3.21. The van der Waals surface area contributed by atoms with Crippen molar-refractivity contribution in [1.29, 1.82) is 5.26 Å². The molecule has 120 valence electrons. The summed E-state index contributed by atoms with van der Waals surface area (Å²) in [5, 5.41) is 14.5. The van der Waals surface area contributed by atoms with Gasteiger partial charge in [-0.15, -0.1) is 13.2 Å². The van der Waals surface area contributed by atoms with Crippen LogP contribution in [0, 0.1) is 11.3 Å². The molecule has 1 amide bonds. The standard InChI is InChI=1S/C15H12F3N3O2/c1-9-13(7-19)10(6-14(22)21-9)8-20-11-2-4-12(5-3-11)23-15(16,17)18/h2-5,8,20H,6H2,1H3,(H,21,22)/b10-8+. The Kier molecular flexibility index (Phi) is 4.60. The lowest BCUT2D eigenvalue weighted by Crippen LogP contribution is -2.28. The van der Waals surface area contributed by atoms with Gasteiger partial charge in [-0.1, -0.05) is 0 Å². The number of benzene rings is 1. The molecule has 0 aliphatic carbocycles. The molecule has 2 N–H and O–H groups in total. The van der Waals surface area contributed by atoms with Crippen molar-refractivity contribution in [2.75, 3.05) is 5.32 Å². The number of alkyl halides is 3. The first-order valence-corrected chi connectivity index (χ1v) is 6.51. The van der Waals surface area contributed by atoms with Gasteiger partial charge in [-0.25, -0.2) is 0 Å². The molecule has 5 nitrogen and oxygen atoms in total. The predicted octanol–water partition coefficient (Wildman–Crippen LogP) is 3.20. The molecule has 8 heteroatoms. The molecule has 2 rings (SSSR count). The molecule has 0 saturated carbocycles. The molecular weight excluding hydrogens is 311 g/mol. The number of halogens is 3. The van der Waals surface area contributed by atoms with E-state index in [0.717, 1.165) is 12.1 Å². The van der Waals surface area contributed by atoms with Gasteiger partial charge in [-0.05, 0) is 36.8 Å². The summed E-state index contributed by atoms with van der Waals surface area (Å²) < 4.78 is 40.0. The molecule has 0 atom stereocenters. The topological polar surface area (TPSA) is 74.1 Å². The third-order valence-electron chi connectivity index (χ3n) is 2.99. The molecule has 0 saturated heterocycles. The van der Waals surface area contributed by atoms with E-state index in [1.807, 2.05) is 6.07 Å². The molecule has 0 bridgehead atoms. The van der Waals surface area contributed by atoms with Crippen LogP contribution in [0.1, 0.15) is 13.3 Å². The van der Waals surface area contributed by atoms with E-state index in [4.69, 9.17) is 5.26 Å². The number of allylic oxidation sites excluding steroid dienone is 2. The quantitative estimate of drug-likeness (QED) is 0.896. The van der Waals surface area contributed by atoms with E-state index in [0.29, 0.717) is 22.5 Å². The van der Waals surface area contributed by atoms with Crippen LogP contribution in [0.3, 0.4) is 0 Å². The monoisotopic (exact) mass is 323 g/mol. The molecule has 1 heterocycles. The van der Waals surface area contributed by atoms with E-state index in [1.165, 1.54) is 18.3 Å². The van der Waals surface area contributed by atoms with E-state index in [9.17, 15) is 18.0 Å². The summed E-state index contributed by atoms with van der Waals surface area (Å²) in [5.41, 5.74) is 1.82. The number of carbonyl (C=O) groups excluding carboxylic acids is 1. The van der Waals surface area contributed by atoms with Crippen molar-refractivity contribution in [3.05, 3.63) is 47.3 Å². The number of hydrogen-bond acceptors (Lipinski definition) is 4. The van der Waals surface area contributed by atoms with Crippen LogP contribution in [0.2, 0.25) is 0 Å². The number of nitriles is 1. The lowest BCUT2D eigenvalue weighted by molar-refractivity contribution is -0.274. The van der Waals surface area contributed by atoms with Gasteiger partial charge in [0.1, 0.15) is 11.8 Å². The van der Waals surface area contributed by atoms with Gasteiger partial charge < -0.3 is 15.4 Å². The summed E-state index contributed by atoms with van der Waals surface area (Å²) >= 11 is 0. The molecule has 0 aromatic heterocycles. The number of anilines is 1. The Bertz CT molecular complexity index is 713. The molecular formula is C15H12F3N3O2. The van der Waals surface area contributed by atoms with E-state index >= 15 is 0 Å². The van der Waals surface area contributed by atoms with Crippen LogP contribution in [-0.2, 0) is 4.79 Å². The number of carbonyl (C=O) groups is 1. The molecule has 1 aliphatic heterocycles. The van der Waals surface area contributed by atoms with Crippen molar-refractivity contribution in [2.24, 2.45) is 0 Å². The Morgan fingerprint density at radius 2 is 2.00 bits per heavy atom. The van der Waals surface area contributed by atoms with Crippen LogP contribution in [-0.4, -0.2) is 12.3 Å². The van der Waals surface area contributed by atoms with Gasteiger partial charge in [-0.2, -0.15) is 5.26 Å². The highest BCUT2D eigenvalue weighted by Gasteiger charge is 2.30. The van der Waals surface area contributed by atoms with E-state index in [2.05, 4.69) is 15.4 Å². The zero-order chi connectivity index (χ0) is 17.0. The molecule has 0 radical (unpaired) electrons. The zero-order valence-corrected chi connectivity index (χ0v) is 12.0. The fraction of sp³-hybridized carbons (Fsp3) is 0.200. The molecule has 1 aliphatic rings. The second-order valence-corrected chi connectivity index (χ2v) is 4.72. The first-order valence-electron chi connectivity index (χ1n) is 6.51. The van der Waals surface area contributed by atoms with Crippen LogP contribution < -0.4 is 15.4 Å². The largest absolute Gasteiger partial charge is 0.573 e. The van der Waals surface area contributed by atoms with Crippen LogP contribution in [0.5, 0.6) is 5.75 Å². The van der Waals surface area contributed by atoms with Crippen molar-refractivity contribution in [3.63, 3.8) is 0 Å². The van der Waals surface area contributed by atoms with Crippen LogP contribution in [0.25, 0.3) is 0 Å². The van der Waals surface area contributed by atoms with Gasteiger partial charge >= 0.3 is 6.36 Å². The minimum atomic E-state index is -4.74. The molecule has 0 fully saturated rings. The summed E-state index contributed by atoms with van der Waals surface area (Å²) in [6, 6.07) is 7.11. The van der Waals surface area contributed by atoms with Crippen LogP contribution in [0.15, 0.2) is 47.3 Å². The summed E-state index contributed by atoms with van der Waals surface area (Å²) in [5.74, 6) is -0.565. The van der Waals surface area contributed by atoms with Gasteiger partial charge in [0.05, 0.1) is 12.0 Å². The van der Waals surface area contributed by atoms with Crippen LogP contribution in [0.4, 0.5) is 18.9 Å². The first-order chi connectivity index (χ1) is 10.8. The number of ether oxygens (including phenoxy) is 1. The Morgan fingerprint density at radius 3 is 2.57 bits per heavy atom. The molecule has 0 spiro atoms. The third-order valence-corrected chi connectivity index (χ3v) is 2.99. The lowest BCUT2D eigenvalue weighted by Gasteiger charge is -2.17. The summed E-state index contributed by atoms with van der Waals surface area (Å²) in [7, 11) is 0.